The number of ether oxygens (including phenoxy) is 2. The molecule has 0 heterocycles. The van der Waals surface area contributed by atoms with Gasteiger partial charge < -0.3 is 14.6 Å². The van der Waals surface area contributed by atoms with Crippen LogP contribution in [-0.2, 0) is 19.1 Å². The molecule has 0 saturated carbocycles. The van der Waals surface area contributed by atoms with Crippen LogP contribution in [0.5, 0.6) is 0 Å². The zero-order chi connectivity index (χ0) is 31.5. The van der Waals surface area contributed by atoms with E-state index >= 15 is 0 Å². The Hall–Kier alpha value is -2.40. The van der Waals surface area contributed by atoms with Crippen molar-refractivity contribution in [2.75, 3.05) is 13.2 Å². The van der Waals surface area contributed by atoms with Crippen molar-refractivity contribution in [3.05, 3.63) is 60.8 Å². The fraction of sp³-hybridized carbons (Fsp3) is 0.684. The van der Waals surface area contributed by atoms with E-state index in [2.05, 4.69) is 74.6 Å². The van der Waals surface area contributed by atoms with Crippen LogP contribution in [0.2, 0.25) is 0 Å². The van der Waals surface area contributed by atoms with E-state index in [-0.39, 0.29) is 25.2 Å². The lowest BCUT2D eigenvalue weighted by Crippen LogP contribution is -2.28. The van der Waals surface area contributed by atoms with Gasteiger partial charge in [-0.3, -0.25) is 9.59 Å². The van der Waals surface area contributed by atoms with Crippen molar-refractivity contribution in [1.82, 2.24) is 0 Å². The summed E-state index contributed by atoms with van der Waals surface area (Å²) in [7, 11) is 0. The highest BCUT2D eigenvalue weighted by Crippen LogP contribution is 2.11. The summed E-state index contributed by atoms with van der Waals surface area (Å²) in [6, 6.07) is 0. The lowest BCUT2D eigenvalue weighted by atomic mass is 10.1. The Kier molecular flexibility index (Phi) is 32.2. The molecule has 0 fully saturated rings. The normalized spacial score (nSPS) is 12.9. The van der Waals surface area contributed by atoms with Crippen LogP contribution in [0.15, 0.2) is 60.8 Å². The third kappa shape index (κ3) is 32.4. The molecule has 246 valence electrons. The molecule has 0 aromatic carbocycles. The van der Waals surface area contributed by atoms with E-state index in [0.717, 1.165) is 89.9 Å². The number of hydrogen-bond donors (Lipinski definition) is 1. The number of aliphatic hydroxyl groups is 1. The summed E-state index contributed by atoms with van der Waals surface area (Å²) in [5.74, 6) is -0.634. The van der Waals surface area contributed by atoms with Gasteiger partial charge in [0.25, 0.3) is 0 Å². The minimum Gasteiger partial charge on any atom is -0.462 e. The van der Waals surface area contributed by atoms with Gasteiger partial charge in [-0.1, -0.05) is 126 Å². The summed E-state index contributed by atoms with van der Waals surface area (Å²) in [4.78, 5) is 24.1. The van der Waals surface area contributed by atoms with Gasteiger partial charge in [0.2, 0.25) is 0 Å². The first kappa shape index (κ1) is 40.6. The average molecular weight is 601 g/mol. The molecule has 1 atom stereocenters. The van der Waals surface area contributed by atoms with Crippen LogP contribution in [0.25, 0.3) is 0 Å². The predicted molar refractivity (Wildman–Crippen MR) is 182 cm³/mol. The minimum atomic E-state index is -0.786. The second kappa shape index (κ2) is 34.1. The van der Waals surface area contributed by atoms with Gasteiger partial charge in [0.1, 0.15) is 6.61 Å². The molecule has 0 radical (unpaired) electrons. The zero-order valence-electron chi connectivity index (χ0n) is 27.7. The number of hydrogen-bond acceptors (Lipinski definition) is 5. The smallest absolute Gasteiger partial charge is 0.306 e. The summed E-state index contributed by atoms with van der Waals surface area (Å²) < 4.78 is 10.5. The van der Waals surface area contributed by atoms with Crippen LogP contribution in [-0.4, -0.2) is 36.4 Å². The van der Waals surface area contributed by atoms with E-state index in [1.165, 1.54) is 32.1 Å². The van der Waals surface area contributed by atoms with Gasteiger partial charge in [0.15, 0.2) is 6.10 Å². The number of unbranched alkanes of at least 4 members (excludes halogenated alkanes) is 12. The van der Waals surface area contributed by atoms with Crippen molar-refractivity contribution in [3.8, 4) is 0 Å². The Bertz CT molecular complexity index is 777. The lowest BCUT2D eigenvalue weighted by Gasteiger charge is -2.15. The van der Waals surface area contributed by atoms with Gasteiger partial charge >= 0.3 is 11.9 Å². The number of esters is 2. The number of carbonyl (C=O) groups is 2. The fourth-order valence-corrected chi connectivity index (χ4v) is 4.41. The van der Waals surface area contributed by atoms with Crippen molar-refractivity contribution in [2.45, 2.75) is 155 Å². The van der Waals surface area contributed by atoms with Gasteiger partial charge in [-0.15, -0.1) is 0 Å². The monoisotopic (exact) mass is 600 g/mol. The van der Waals surface area contributed by atoms with Gasteiger partial charge in [0.05, 0.1) is 6.61 Å². The molecule has 0 rings (SSSR count). The topological polar surface area (TPSA) is 72.8 Å². The number of aliphatic hydroxyl groups excluding tert-OH is 1. The third-order valence-electron chi connectivity index (χ3n) is 7.05. The molecule has 0 amide bonds. The first-order valence-corrected chi connectivity index (χ1v) is 17.3. The second-order valence-corrected chi connectivity index (χ2v) is 11.2. The number of allylic oxidation sites excluding steroid dienone is 10. The molecule has 43 heavy (non-hydrogen) atoms. The molecule has 0 aromatic rings. The summed E-state index contributed by atoms with van der Waals surface area (Å²) >= 11 is 0. The largest absolute Gasteiger partial charge is 0.462 e. The molecule has 0 aliphatic carbocycles. The van der Waals surface area contributed by atoms with E-state index in [9.17, 15) is 14.7 Å². The predicted octanol–water partition coefficient (Wildman–Crippen LogP) is 10.4. The first-order chi connectivity index (χ1) is 21.1. The van der Waals surface area contributed by atoms with Gasteiger partial charge in [0, 0.05) is 12.8 Å². The molecule has 0 saturated heterocycles. The van der Waals surface area contributed by atoms with Gasteiger partial charge in [-0.2, -0.15) is 0 Å². The van der Waals surface area contributed by atoms with E-state index in [0.29, 0.717) is 12.8 Å². The summed E-state index contributed by atoms with van der Waals surface area (Å²) in [6.45, 7) is 3.93. The second-order valence-electron chi connectivity index (χ2n) is 11.2. The Morgan fingerprint density at radius 1 is 0.558 bits per heavy atom. The van der Waals surface area contributed by atoms with E-state index < -0.39 is 6.10 Å². The fourth-order valence-electron chi connectivity index (χ4n) is 4.41. The average Bonchev–Trinajstić information content (AvgIpc) is 3.01. The summed E-state index contributed by atoms with van der Waals surface area (Å²) in [6.07, 6.45) is 42.7. The van der Waals surface area contributed by atoms with Crippen LogP contribution >= 0.6 is 0 Å². The molecule has 0 aliphatic rings. The van der Waals surface area contributed by atoms with Crippen molar-refractivity contribution < 1.29 is 24.2 Å². The van der Waals surface area contributed by atoms with Crippen LogP contribution in [0.4, 0.5) is 0 Å². The van der Waals surface area contributed by atoms with Crippen LogP contribution in [0.1, 0.15) is 149 Å². The molecule has 0 spiro atoms. The van der Waals surface area contributed by atoms with Gasteiger partial charge in [-0.25, -0.2) is 0 Å². The molecule has 0 aliphatic heterocycles. The summed E-state index contributed by atoms with van der Waals surface area (Å²) in [5.41, 5.74) is 0. The molecule has 5 heteroatoms. The SMILES string of the molecule is CC/C=C\C/C=C\C/C=C\CCCCCCCC(=O)OC(CO)COC(=O)CCCCCCC/C=C\C/C=C\CCCC. The summed E-state index contributed by atoms with van der Waals surface area (Å²) in [5, 5.41) is 9.51. The maximum absolute atomic E-state index is 12.1. The van der Waals surface area contributed by atoms with Crippen molar-refractivity contribution in [2.24, 2.45) is 0 Å². The van der Waals surface area contributed by atoms with Crippen molar-refractivity contribution >= 4 is 11.9 Å². The molecule has 1 unspecified atom stereocenters. The Labute approximate surface area is 264 Å². The van der Waals surface area contributed by atoms with Crippen LogP contribution < -0.4 is 0 Å². The Balaban J connectivity index is 3.66. The minimum absolute atomic E-state index is 0.0829. The maximum Gasteiger partial charge on any atom is 0.306 e. The lowest BCUT2D eigenvalue weighted by molar-refractivity contribution is -0.161. The Morgan fingerprint density at radius 2 is 1.00 bits per heavy atom. The van der Waals surface area contributed by atoms with Crippen molar-refractivity contribution in [3.63, 3.8) is 0 Å². The zero-order valence-corrected chi connectivity index (χ0v) is 27.7. The molecular weight excluding hydrogens is 536 g/mol. The Morgan fingerprint density at radius 3 is 1.51 bits per heavy atom. The first-order valence-electron chi connectivity index (χ1n) is 17.3. The van der Waals surface area contributed by atoms with Gasteiger partial charge in [-0.05, 0) is 70.6 Å². The van der Waals surface area contributed by atoms with Crippen LogP contribution in [0, 0.1) is 0 Å². The van der Waals surface area contributed by atoms with E-state index in [1.807, 2.05) is 0 Å². The molecule has 5 nitrogen and oxygen atoms in total. The molecule has 0 aromatic heterocycles. The highest BCUT2D eigenvalue weighted by atomic mass is 16.6. The standard InChI is InChI=1S/C38H64O5/c1-3-5-7-9-11-13-15-17-19-21-23-25-27-29-31-33-38(41)43-36(34-39)35-42-37(40)32-30-28-26-24-22-20-18-16-14-12-10-8-6-4-2/h5,7,10-13,16-19,36,39H,3-4,6,8-9,14-15,20-35H2,1-2H3/b7-5-,12-10-,13-11-,18-16-,19-17-. The third-order valence-corrected chi connectivity index (χ3v) is 7.05. The van der Waals surface area contributed by atoms with E-state index in [4.69, 9.17) is 9.47 Å². The van der Waals surface area contributed by atoms with E-state index in [1.54, 1.807) is 0 Å². The quantitative estimate of drug-likeness (QED) is 0.0504. The highest BCUT2D eigenvalue weighted by Gasteiger charge is 2.16. The maximum atomic E-state index is 12.1. The molecular formula is C38H64O5. The molecule has 0 bridgehead atoms. The highest BCUT2D eigenvalue weighted by molar-refractivity contribution is 5.70. The van der Waals surface area contributed by atoms with Crippen molar-refractivity contribution in [1.29, 1.82) is 0 Å². The van der Waals surface area contributed by atoms with Crippen LogP contribution in [0.3, 0.4) is 0 Å². The number of carbonyl (C=O) groups excluding carboxylic acids is 2. The number of rotatable bonds is 30. The molecule has 1 N–H and O–H groups in total.